The van der Waals surface area contributed by atoms with Gasteiger partial charge >= 0.3 is 0 Å². The Hall–Kier alpha value is -4.33. The molecule has 1 aliphatic carbocycles. The van der Waals surface area contributed by atoms with Crippen molar-refractivity contribution in [1.82, 2.24) is 20.2 Å². The predicted molar refractivity (Wildman–Crippen MR) is 120 cm³/mol. The molecule has 0 saturated heterocycles. The van der Waals surface area contributed by atoms with E-state index < -0.39 is 0 Å². The Morgan fingerprint density at radius 1 is 0.750 bits per heavy atom. The van der Waals surface area contributed by atoms with Crippen LogP contribution in [0.25, 0.3) is 11.4 Å². The van der Waals surface area contributed by atoms with E-state index >= 15 is 0 Å². The zero-order chi connectivity index (χ0) is 21.9. The number of nitrogens with one attached hydrogen (secondary N) is 2. The topological polar surface area (TPSA) is 102 Å². The number of rotatable bonds is 6. The third-order valence-corrected chi connectivity index (χ3v) is 5.23. The molecule has 0 bridgehead atoms. The molecule has 1 aliphatic rings. The van der Waals surface area contributed by atoms with E-state index in [9.17, 15) is 9.59 Å². The number of anilines is 2. The highest BCUT2D eigenvalue weighted by molar-refractivity contribution is 6.06. The average molecular weight is 424 g/mol. The molecular formula is C24H20N6O2. The molecule has 1 aromatic heterocycles. The maximum absolute atomic E-state index is 12.6. The van der Waals surface area contributed by atoms with Crippen molar-refractivity contribution < 1.29 is 9.59 Å². The first-order valence-electron chi connectivity index (χ1n) is 10.3. The molecule has 32 heavy (non-hydrogen) atoms. The van der Waals surface area contributed by atoms with Crippen LogP contribution in [0.3, 0.4) is 0 Å². The number of tetrazole rings is 1. The lowest BCUT2D eigenvalue weighted by atomic mass is 10.1. The van der Waals surface area contributed by atoms with Crippen LogP contribution < -0.4 is 10.6 Å². The number of benzene rings is 3. The van der Waals surface area contributed by atoms with Gasteiger partial charge in [0.15, 0.2) is 5.82 Å². The fraction of sp³-hybridized carbons (Fsp3) is 0.125. The molecule has 0 aliphatic heterocycles. The maximum atomic E-state index is 12.6. The quantitative estimate of drug-likeness (QED) is 0.483. The predicted octanol–water partition coefficient (Wildman–Crippen LogP) is 4.18. The van der Waals surface area contributed by atoms with Gasteiger partial charge in [-0.15, -0.1) is 5.10 Å². The van der Waals surface area contributed by atoms with Gasteiger partial charge in [-0.25, -0.2) is 4.68 Å². The summed E-state index contributed by atoms with van der Waals surface area (Å²) in [6, 6.07) is 23.5. The van der Waals surface area contributed by atoms with E-state index in [0.717, 1.165) is 24.2 Å². The van der Waals surface area contributed by atoms with Crippen molar-refractivity contribution in [1.29, 1.82) is 0 Å². The van der Waals surface area contributed by atoms with Crippen molar-refractivity contribution in [2.24, 2.45) is 0 Å². The molecule has 3 aromatic carbocycles. The fourth-order valence-corrected chi connectivity index (χ4v) is 3.35. The van der Waals surface area contributed by atoms with E-state index in [1.165, 1.54) is 0 Å². The van der Waals surface area contributed by atoms with Crippen LogP contribution in [0.4, 0.5) is 11.4 Å². The smallest absolute Gasteiger partial charge is 0.255 e. The van der Waals surface area contributed by atoms with Gasteiger partial charge in [0.2, 0.25) is 0 Å². The summed E-state index contributed by atoms with van der Waals surface area (Å²) in [4.78, 5) is 24.8. The van der Waals surface area contributed by atoms with Crippen molar-refractivity contribution in [2.45, 2.75) is 18.9 Å². The summed E-state index contributed by atoms with van der Waals surface area (Å²) >= 11 is 0. The summed E-state index contributed by atoms with van der Waals surface area (Å²) < 4.78 is 1.85. The van der Waals surface area contributed by atoms with Crippen molar-refractivity contribution in [2.75, 3.05) is 10.6 Å². The van der Waals surface area contributed by atoms with Crippen LogP contribution in [-0.2, 0) is 0 Å². The van der Waals surface area contributed by atoms with Crippen LogP contribution in [-0.4, -0.2) is 32.0 Å². The SMILES string of the molecule is O=C(Nc1ccc(C(=O)Nc2ccc(-c3nnnn3C3CC3)cc2)cc1)c1ccccc1. The van der Waals surface area contributed by atoms with Gasteiger partial charge in [-0.2, -0.15) is 0 Å². The Labute approximate surface area is 184 Å². The number of carbonyl (C=O) groups is 2. The van der Waals surface area contributed by atoms with E-state index in [0.29, 0.717) is 28.5 Å². The first-order valence-corrected chi connectivity index (χ1v) is 10.3. The van der Waals surface area contributed by atoms with Crippen LogP contribution in [0.1, 0.15) is 39.6 Å². The second-order valence-electron chi connectivity index (χ2n) is 7.61. The highest BCUT2D eigenvalue weighted by Crippen LogP contribution is 2.36. The molecule has 0 spiro atoms. The minimum Gasteiger partial charge on any atom is -0.322 e. The van der Waals surface area contributed by atoms with Gasteiger partial charge in [-0.05, 0) is 83.9 Å². The van der Waals surface area contributed by atoms with Crippen LogP contribution in [0.15, 0.2) is 78.9 Å². The second kappa shape index (κ2) is 8.43. The molecule has 0 atom stereocenters. The van der Waals surface area contributed by atoms with Gasteiger partial charge < -0.3 is 10.6 Å². The normalized spacial score (nSPS) is 12.9. The second-order valence-corrected chi connectivity index (χ2v) is 7.61. The van der Waals surface area contributed by atoms with Gasteiger partial charge in [0, 0.05) is 28.1 Å². The Morgan fingerprint density at radius 2 is 1.31 bits per heavy atom. The zero-order valence-corrected chi connectivity index (χ0v) is 17.1. The first kappa shape index (κ1) is 19.6. The molecular weight excluding hydrogens is 404 g/mol. The summed E-state index contributed by atoms with van der Waals surface area (Å²) in [5.41, 5.74) is 3.26. The van der Waals surface area contributed by atoms with Crippen molar-refractivity contribution in [3.8, 4) is 11.4 Å². The number of carbonyl (C=O) groups excluding carboxylic acids is 2. The summed E-state index contributed by atoms with van der Waals surface area (Å²) in [5, 5.41) is 17.7. The summed E-state index contributed by atoms with van der Waals surface area (Å²) in [6.45, 7) is 0. The molecule has 1 heterocycles. The zero-order valence-electron chi connectivity index (χ0n) is 17.1. The van der Waals surface area contributed by atoms with Gasteiger partial charge in [0.25, 0.3) is 11.8 Å². The lowest BCUT2D eigenvalue weighted by Crippen LogP contribution is -2.13. The average Bonchev–Trinajstić information content (AvgIpc) is 3.57. The Morgan fingerprint density at radius 3 is 1.91 bits per heavy atom. The van der Waals surface area contributed by atoms with Crippen molar-refractivity contribution in [3.05, 3.63) is 90.0 Å². The van der Waals surface area contributed by atoms with Gasteiger partial charge in [-0.1, -0.05) is 18.2 Å². The molecule has 0 unspecified atom stereocenters. The molecule has 8 heteroatoms. The minimum atomic E-state index is -0.235. The number of hydrogen-bond donors (Lipinski definition) is 2. The van der Waals surface area contributed by atoms with E-state index in [-0.39, 0.29) is 11.8 Å². The number of aromatic nitrogens is 4. The molecule has 4 aromatic rings. The summed E-state index contributed by atoms with van der Waals surface area (Å²) in [7, 11) is 0. The molecule has 0 radical (unpaired) electrons. The Kier molecular flexibility index (Phi) is 5.17. The molecule has 2 amide bonds. The highest BCUT2D eigenvalue weighted by Gasteiger charge is 2.28. The molecule has 2 N–H and O–H groups in total. The van der Waals surface area contributed by atoms with E-state index in [1.807, 2.05) is 47.1 Å². The molecule has 1 saturated carbocycles. The van der Waals surface area contributed by atoms with Crippen molar-refractivity contribution in [3.63, 3.8) is 0 Å². The lowest BCUT2D eigenvalue weighted by Gasteiger charge is -2.08. The van der Waals surface area contributed by atoms with Crippen LogP contribution in [0.5, 0.6) is 0 Å². The Balaban J connectivity index is 1.22. The molecule has 8 nitrogen and oxygen atoms in total. The maximum Gasteiger partial charge on any atom is 0.255 e. The van der Waals surface area contributed by atoms with Crippen molar-refractivity contribution >= 4 is 23.2 Å². The van der Waals surface area contributed by atoms with Crippen LogP contribution in [0, 0.1) is 0 Å². The van der Waals surface area contributed by atoms with Crippen LogP contribution >= 0.6 is 0 Å². The van der Waals surface area contributed by atoms with Gasteiger partial charge in [0.05, 0.1) is 6.04 Å². The lowest BCUT2D eigenvalue weighted by molar-refractivity contribution is 0.102. The molecule has 5 rings (SSSR count). The summed E-state index contributed by atoms with van der Waals surface area (Å²) in [5.74, 6) is 0.302. The van der Waals surface area contributed by atoms with E-state index in [2.05, 4.69) is 26.2 Å². The summed E-state index contributed by atoms with van der Waals surface area (Å²) in [6.07, 6.45) is 2.20. The number of hydrogen-bond acceptors (Lipinski definition) is 5. The number of amides is 2. The number of nitrogens with zero attached hydrogens (tertiary/aromatic N) is 4. The molecule has 158 valence electrons. The highest BCUT2D eigenvalue weighted by atomic mass is 16.2. The molecule has 1 fully saturated rings. The van der Waals surface area contributed by atoms with Gasteiger partial charge in [-0.3, -0.25) is 9.59 Å². The minimum absolute atomic E-state index is 0.199. The standard InChI is InChI=1S/C24H20N6O2/c31-23(17-4-2-1-3-5-17)25-20-12-8-18(9-13-20)24(32)26-19-10-6-16(7-11-19)22-27-28-29-30(22)21-14-15-21/h1-13,21H,14-15H2,(H,25,31)(H,26,32). The largest absolute Gasteiger partial charge is 0.322 e. The monoisotopic (exact) mass is 424 g/mol. The van der Waals surface area contributed by atoms with Gasteiger partial charge in [0.1, 0.15) is 0 Å². The first-order chi connectivity index (χ1) is 15.7. The van der Waals surface area contributed by atoms with E-state index in [4.69, 9.17) is 0 Å². The van der Waals surface area contributed by atoms with E-state index in [1.54, 1.807) is 36.4 Å². The van der Waals surface area contributed by atoms with Crippen LogP contribution in [0.2, 0.25) is 0 Å². The Bertz CT molecular complexity index is 1250. The third kappa shape index (κ3) is 4.24. The fourth-order valence-electron chi connectivity index (χ4n) is 3.35. The third-order valence-electron chi connectivity index (χ3n) is 5.23.